The van der Waals surface area contributed by atoms with Crippen LogP contribution in [0.25, 0.3) is 0 Å². The number of ether oxygens (including phenoxy) is 2. The molecule has 2 aromatic carbocycles. The van der Waals surface area contributed by atoms with Crippen LogP contribution in [0.2, 0.25) is 0 Å². The van der Waals surface area contributed by atoms with Gasteiger partial charge in [-0.1, -0.05) is 30.4 Å². The van der Waals surface area contributed by atoms with Gasteiger partial charge < -0.3 is 9.47 Å². The molecule has 4 rings (SSSR count). The maximum absolute atomic E-state index is 15.1. The van der Waals surface area contributed by atoms with Crippen molar-refractivity contribution in [2.75, 3.05) is 0 Å². The van der Waals surface area contributed by atoms with Crippen LogP contribution >= 0.6 is 0 Å². The van der Waals surface area contributed by atoms with Gasteiger partial charge in [-0.3, -0.25) is 0 Å². The Morgan fingerprint density at radius 2 is 1.46 bits per heavy atom. The molecule has 214 valence electrons. The van der Waals surface area contributed by atoms with Crippen LogP contribution in [0.5, 0.6) is 5.75 Å². The fourth-order valence-corrected chi connectivity index (χ4v) is 5.83. The van der Waals surface area contributed by atoms with E-state index in [2.05, 4.69) is 4.74 Å². The second-order valence-electron chi connectivity index (χ2n) is 10.6. The molecule has 2 nitrogen and oxygen atoms in total. The summed E-state index contributed by atoms with van der Waals surface area (Å²) in [6, 6.07) is 8.51. The van der Waals surface area contributed by atoms with Gasteiger partial charge in [0.2, 0.25) is 0 Å². The van der Waals surface area contributed by atoms with Gasteiger partial charge in [0.1, 0.15) is 5.82 Å². The Bertz CT molecular complexity index is 1130. The van der Waals surface area contributed by atoms with Crippen molar-refractivity contribution in [2.45, 2.75) is 95.1 Å². The largest absolute Gasteiger partial charge is 0.573 e. The molecule has 2 saturated carbocycles. The molecule has 0 bridgehead atoms. The van der Waals surface area contributed by atoms with E-state index in [-0.39, 0.29) is 30.5 Å². The zero-order valence-corrected chi connectivity index (χ0v) is 21.8. The SMILES string of the molecule is C/C=C\Cc1ccc(C2CCC(C(F)(F)OC3CCC(c4ccc(OC(F)(F)F)c(F)c4)CC3)CC2)c(F)c1. The topological polar surface area (TPSA) is 18.5 Å². The molecule has 0 saturated heterocycles. The molecule has 0 heterocycles. The Labute approximate surface area is 224 Å². The minimum Gasteiger partial charge on any atom is -0.403 e. The van der Waals surface area contributed by atoms with E-state index in [0.29, 0.717) is 56.1 Å². The number of allylic oxidation sites excluding steroid dienone is 2. The maximum atomic E-state index is 15.1. The van der Waals surface area contributed by atoms with Gasteiger partial charge in [0.15, 0.2) is 11.6 Å². The molecule has 39 heavy (non-hydrogen) atoms. The standard InChI is InChI=1S/C30H33F7O2/c1-2-3-4-19-5-15-25(26(31)17-19)21-6-11-23(12-7-21)29(33,34)38-24-13-8-20(9-14-24)22-10-16-28(27(32)18-22)39-30(35,36)37/h2-3,5,10,15-18,20-21,23-24H,4,6-9,11-14H2,1H3/b3-2-. The van der Waals surface area contributed by atoms with Gasteiger partial charge in [0.05, 0.1) is 12.0 Å². The zero-order chi connectivity index (χ0) is 28.2. The fraction of sp³-hybridized carbons (Fsp3) is 0.533. The van der Waals surface area contributed by atoms with E-state index in [1.165, 1.54) is 12.1 Å². The second-order valence-corrected chi connectivity index (χ2v) is 10.6. The average molecular weight is 559 g/mol. The first-order chi connectivity index (χ1) is 18.4. The van der Waals surface area contributed by atoms with Crippen LogP contribution < -0.4 is 4.74 Å². The van der Waals surface area contributed by atoms with E-state index >= 15 is 8.78 Å². The third-order valence-electron chi connectivity index (χ3n) is 7.95. The highest BCUT2D eigenvalue weighted by Crippen LogP contribution is 2.45. The lowest BCUT2D eigenvalue weighted by Crippen LogP contribution is -2.38. The first-order valence-corrected chi connectivity index (χ1v) is 13.5. The molecule has 2 aliphatic carbocycles. The number of benzene rings is 2. The van der Waals surface area contributed by atoms with Gasteiger partial charge in [0, 0.05) is 0 Å². The Hall–Kier alpha value is -2.55. The van der Waals surface area contributed by atoms with E-state index in [1.807, 2.05) is 25.1 Å². The summed E-state index contributed by atoms with van der Waals surface area (Å²) in [6.45, 7) is 1.90. The minimum absolute atomic E-state index is 0.100. The van der Waals surface area contributed by atoms with Crippen LogP contribution in [-0.4, -0.2) is 18.6 Å². The Morgan fingerprint density at radius 3 is 2.05 bits per heavy atom. The van der Waals surface area contributed by atoms with Gasteiger partial charge in [-0.2, -0.15) is 8.78 Å². The van der Waals surface area contributed by atoms with Gasteiger partial charge in [-0.05, 0) is 111 Å². The normalized spacial score (nSPS) is 24.7. The molecule has 2 fully saturated rings. The zero-order valence-electron chi connectivity index (χ0n) is 21.8. The molecule has 2 aliphatic rings. The first-order valence-electron chi connectivity index (χ1n) is 13.5. The summed E-state index contributed by atoms with van der Waals surface area (Å²) in [4.78, 5) is 0. The molecule has 0 aliphatic heterocycles. The van der Waals surface area contributed by atoms with Crippen LogP contribution in [0.4, 0.5) is 30.7 Å². The molecule has 0 radical (unpaired) electrons. The van der Waals surface area contributed by atoms with Crippen molar-refractivity contribution in [3.8, 4) is 5.75 Å². The molecular weight excluding hydrogens is 525 g/mol. The molecule has 2 aromatic rings. The molecule has 0 amide bonds. The van der Waals surface area contributed by atoms with Crippen LogP contribution in [-0.2, 0) is 11.2 Å². The van der Waals surface area contributed by atoms with Gasteiger partial charge in [0.25, 0.3) is 0 Å². The molecule has 0 spiro atoms. The third kappa shape index (κ3) is 7.77. The number of halogens is 7. The maximum Gasteiger partial charge on any atom is 0.573 e. The second kappa shape index (κ2) is 12.3. The van der Waals surface area contributed by atoms with Crippen molar-refractivity contribution in [1.29, 1.82) is 0 Å². The van der Waals surface area contributed by atoms with E-state index in [9.17, 15) is 22.0 Å². The molecule has 0 N–H and O–H groups in total. The van der Waals surface area contributed by atoms with Gasteiger partial charge >= 0.3 is 12.5 Å². The lowest BCUT2D eigenvalue weighted by atomic mass is 9.77. The molecular formula is C30H33F7O2. The molecule has 9 heteroatoms. The van der Waals surface area contributed by atoms with Crippen LogP contribution in [0, 0.1) is 17.6 Å². The fourth-order valence-electron chi connectivity index (χ4n) is 5.83. The lowest BCUT2D eigenvalue weighted by Gasteiger charge is -2.37. The number of rotatable bonds is 8. The first kappa shape index (κ1) is 29.4. The average Bonchev–Trinajstić information content (AvgIpc) is 2.88. The van der Waals surface area contributed by atoms with Crippen molar-refractivity contribution >= 4 is 0 Å². The smallest absolute Gasteiger partial charge is 0.403 e. The monoisotopic (exact) mass is 558 g/mol. The molecule has 0 unspecified atom stereocenters. The minimum atomic E-state index is -4.99. The van der Waals surface area contributed by atoms with Crippen molar-refractivity contribution < 1.29 is 40.2 Å². The summed E-state index contributed by atoms with van der Waals surface area (Å²) in [5.41, 5.74) is 1.96. The van der Waals surface area contributed by atoms with Gasteiger partial charge in [-0.25, -0.2) is 8.78 Å². The summed E-state index contributed by atoms with van der Waals surface area (Å²) in [6.07, 6.45) is -1.49. The van der Waals surface area contributed by atoms with Crippen LogP contribution in [0.15, 0.2) is 48.6 Å². The van der Waals surface area contributed by atoms with Crippen molar-refractivity contribution in [2.24, 2.45) is 5.92 Å². The molecule has 0 aromatic heterocycles. The quantitative estimate of drug-likeness (QED) is 0.237. The van der Waals surface area contributed by atoms with Crippen molar-refractivity contribution in [3.05, 3.63) is 76.9 Å². The number of alkyl halides is 5. The summed E-state index contributed by atoms with van der Waals surface area (Å²) < 4.78 is 105. The summed E-state index contributed by atoms with van der Waals surface area (Å²) >= 11 is 0. The number of hydrogen-bond acceptors (Lipinski definition) is 2. The van der Waals surface area contributed by atoms with Crippen LogP contribution in [0.3, 0.4) is 0 Å². The van der Waals surface area contributed by atoms with E-state index < -0.39 is 36.1 Å². The predicted molar refractivity (Wildman–Crippen MR) is 134 cm³/mol. The highest BCUT2D eigenvalue weighted by Gasteiger charge is 2.45. The lowest BCUT2D eigenvalue weighted by molar-refractivity contribution is -0.300. The van der Waals surface area contributed by atoms with E-state index in [1.54, 1.807) is 6.07 Å². The summed E-state index contributed by atoms with van der Waals surface area (Å²) in [7, 11) is 0. The van der Waals surface area contributed by atoms with Gasteiger partial charge in [-0.15, -0.1) is 13.2 Å². The van der Waals surface area contributed by atoms with Crippen LogP contribution in [0.1, 0.15) is 86.8 Å². The Morgan fingerprint density at radius 1 is 0.795 bits per heavy atom. The highest BCUT2D eigenvalue weighted by atomic mass is 19.4. The summed E-state index contributed by atoms with van der Waals surface area (Å²) in [5.74, 6) is -3.52. The van der Waals surface area contributed by atoms with Crippen molar-refractivity contribution in [3.63, 3.8) is 0 Å². The third-order valence-corrected chi connectivity index (χ3v) is 7.95. The predicted octanol–water partition coefficient (Wildman–Crippen LogP) is 9.59. The number of hydrogen-bond donors (Lipinski definition) is 0. The Balaban J connectivity index is 1.27. The Kier molecular flexibility index (Phi) is 9.29. The molecule has 0 atom stereocenters. The van der Waals surface area contributed by atoms with E-state index in [4.69, 9.17) is 4.74 Å². The van der Waals surface area contributed by atoms with Crippen molar-refractivity contribution in [1.82, 2.24) is 0 Å². The summed E-state index contributed by atoms with van der Waals surface area (Å²) in [5, 5.41) is 0. The highest BCUT2D eigenvalue weighted by molar-refractivity contribution is 5.32. The van der Waals surface area contributed by atoms with E-state index in [0.717, 1.165) is 17.7 Å².